The predicted octanol–water partition coefficient (Wildman–Crippen LogP) is 2.51. The first-order chi connectivity index (χ1) is 9.28. The third-order valence-electron chi connectivity index (χ3n) is 1.65. The second-order valence-corrected chi connectivity index (χ2v) is 2.99. The molecule has 1 N–H and O–H groups in total. The van der Waals surface area contributed by atoms with Crippen molar-refractivity contribution in [1.82, 2.24) is 0 Å². The Balaban J connectivity index is 0. The number of carbonyl (C=O) groups excluding carboxylic acids is 2. The molecule has 0 saturated heterocycles. The highest BCUT2D eigenvalue weighted by atomic mass is 31.0. The zero-order chi connectivity index (χ0) is 14.9. The van der Waals surface area contributed by atoms with Crippen molar-refractivity contribution in [2.75, 3.05) is 13.3 Å². The van der Waals surface area contributed by atoms with Crippen LogP contribution in [0, 0.1) is 0 Å². The first-order valence-electron chi connectivity index (χ1n) is 5.80. The van der Waals surface area contributed by atoms with Crippen LogP contribution in [-0.4, -0.2) is 31.0 Å². The molecule has 1 atom stereocenters. The molecule has 4 heteroatoms. The maximum Gasteiger partial charge on any atom is 0.153 e. The summed E-state index contributed by atoms with van der Waals surface area (Å²) in [6.45, 7) is 3.85. The molecule has 0 bridgehead atoms. The molecule has 0 radical (unpaired) electrons. The number of allylic oxidation sites excluding steroid dienone is 3. The number of hydrogen-bond acceptors (Lipinski definition) is 3. The van der Waals surface area contributed by atoms with Crippen LogP contribution in [-0.2, 0) is 9.59 Å². The van der Waals surface area contributed by atoms with E-state index in [1.54, 1.807) is 13.0 Å². The molecule has 0 aromatic heterocycles. The molecule has 0 saturated carbocycles. The fourth-order valence-electron chi connectivity index (χ4n) is 0.941. The minimum absolute atomic E-state index is 0.136. The van der Waals surface area contributed by atoms with E-state index in [-0.39, 0.29) is 12.2 Å². The van der Waals surface area contributed by atoms with Crippen LogP contribution < -0.4 is 0 Å². The zero-order valence-electron chi connectivity index (χ0n) is 11.3. The Morgan fingerprint density at radius 1 is 1.16 bits per heavy atom. The van der Waals surface area contributed by atoms with Crippen molar-refractivity contribution >= 4 is 27.9 Å². The highest BCUT2D eigenvalue weighted by Gasteiger charge is 1.86. The van der Waals surface area contributed by atoms with Gasteiger partial charge >= 0.3 is 0 Å². The van der Waals surface area contributed by atoms with Gasteiger partial charge in [0.1, 0.15) is 0 Å². The van der Waals surface area contributed by atoms with Crippen LogP contribution in [0.2, 0.25) is 0 Å². The maximum absolute atomic E-state index is 10.2. The monoisotopic (exact) mass is 280 g/mol. The molecule has 0 heterocycles. The number of aldehydes is 2. The Morgan fingerprint density at radius 2 is 1.63 bits per heavy atom. The standard InChI is InChI=1S/C12H10O2.C2H6O.CH5P/c13-9-12(10-14)8-4-7-11-5-2-1-3-6-11;1-2-3;1-2/h1-10H;3H,2H2,1H3;2H2,1H3/b7-4+;;. The summed E-state index contributed by atoms with van der Waals surface area (Å²) in [5.41, 5.74) is 1.16. The van der Waals surface area contributed by atoms with E-state index < -0.39 is 0 Å². The number of carbonyl (C=O) groups is 2. The Kier molecular flexibility index (Phi) is 17.1. The molecule has 0 fully saturated rings. The van der Waals surface area contributed by atoms with Crippen LogP contribution in [0.4, 0.5) is 0 Å². The highest BCUT2D eigenvalue weighted by Crippen LogP contribution is 2.01. The summed E-state index contributed by atoms with van der Waals surface area (Å²) < 4.78 is 0. The summed E-state index contributed by atoms with van der Waals surface area (Å²) in [5.74, 6) is 0. The second-order valence-electron chi connectivity index (χ2n) is 2.99. The van der Waals surface area contributed by atoms with Crippen molar-refractivity contribution in [2.45, 2.75) is 6.92 Å². The van der Waals surface area contributed by atoms with Gasteiger partial charge < -0.3 is 5.11 Å². The molecule has 19 heavy (non-hydrogen) atoms. The second kappa shape index (κ2) is 16.4. The summed E-state index contributed by atoms with van der Waals surface area (Å²) in [6.07, 6.45) is 6.04. The van der Waals surface area contributed by atoms with Gasteiger partial charge in [-0.1, -0.05) is 49.1 Å². The first kappa shape index (κ1) is 19.8. The van der Waals surface area contributed by atoms with E-state index in [1.807, 2.05) is 43.1 Å². The van der Waals surface area contributed by atoms with E-state index in [2.05, 4.69) is 9.24 Å². The van der Waals surface area contributed by atoms with Gasteiger partial charge in [-0.25, -0.2) is 0 Å². The first-order valence-corrected chi connectivity index (χ1v) is 6.96. The van der Waals surface area contributed by atoms with Gasteiger partial charge in [0.05, 0.1) is 5.57 Å². The Bertz CT molecular complexity index is 374. The summed E-state index contributed by atoms with van der Waals surface area (Å²) in [7, 11) is 2.42. The molecule has 0 aliphatic rings. The number of aliphatic hydroxyl groups is 1. The average Bonchev–Trinajstić information content (AvgIpc) is 2.48. The summed E-state index contributed by atoms with van der Waals surface area (Å²) in [5, 5.41) is 7.57. The molecule has 0 amide bonds. The maximum atomic E-state index is 10.2. The molecular formula is C15H21O3P. The molecule has 3 nitrogen and oxygen atoms in total. The number of rotatable bonds is 4. The van der Waals surface area contributed by atoms with Gasteiger partial charge in [-0.05, 0) is 18.6 Å². The largest absolute Gasteiger partial charge is 0.397 e. The molecule has 0 aliphatic heterocycles. The molecule has 0 spiro atoms. The van der Waals surface area contributed by atoms with E-state index >= 15 is 0 Å². The third kappa shape index (κ3) is 12.7. The van der Waals surface area contributed by atoms with Crippen molar-refractivity contribution in [2.24, 2.45) is 0 Å². The summed E-state index contributed by atoms with van der Waals surface area (Å²) in [4.78, 5) is 20.5. The quantitative estimate of drug-likeness (QED) is 0.230. The Morgan fingerprint density at radius 3 is 2.05 bits per heavy atom. The Hall–Kier alpha value is -1.57. The van der Waals surface area contributed by atoms with Gasteiger partial charge in [0, 0.05) is 6.61 Å². The van der Waals surface area contributed by atoms with E-state index in [9.17, 15) is 9.59 Å². The minimum Gasteiger partial charge on any atom is -0.397 e. The zero-order valence-corrected chi connectivity index (χ0v) is 12.5. The van der Waals surface area contributed by atoms with Gasteiger partial charge in [-0.2, -0.15) is 0 Å². The van der Waals surface area contributed by atoms with Crippen molar-refractivity contribution < 1.29 is 14.7 Å². The summed E-state index contributed by atoms with van der Waals surface area (Å²) in [6, 6.07) is 9.64. The lowest BCUT2D eigenvalue weighted by Crippen LogP contribution is -1.82. The van der Waals surface area contributed by atoms with Crippen LogP contribution in [0.25, 0.3) is 6.08 Å². The van der Waals surface area contributed by atoms with Gasteiger partial charge in [-0.3, -0.25) is 9.59 Å². The van der Waals surface area contributed by atoms with Crippen LogP contribution in [0.1, 0.15) is 12.5 Å². The molecule has 1 rings (SSSR count). The van der Waals surface area contributed by atoms with E-state index in [0.717, 1.165) is 5.56 Å². The van der Waals surface area contributed by atoms with Crippen LogP contribution in [0.15, 0.2) is 48.1 Å². The number of hydrogen-bond donors (Lipinski definition) is 1. The Labute approximate surface area is 117 Å². The normalized spacial score (nSPS) is 8.42. The SMILES string of the molecule is CCO.CP.O=CC(C=O)=C/C=C/c1ccccc1. The lowest BCUT2D eigenvalue weighted by atomic mass is 10.2. The summed E-state index contributed by atoms with van der Waals surface area (Å²) >= 11 is 0. The topological polar surface area (TPSA) is 54.4 Å². The van der Waals surface area contributed by atoms with Crippen LogP contribution >= 0.6 is 9.24 Å². The van der Waals surface area contributed by atoms with Gasteiger partial charge in [0.2, 0.25) is 0 Å². The van der Waals surface area contributed by atoms with E-state index in [1.165, 1.54) is 6.08 Å². The van der Waals surface area contributed by atoms with Crippen molar-refractivity contribution in [3.8, 4) is 0 Å². The van der Waals surface area contributed by atoms with Crippen LogP contribution in [0.3, 0.4) is 0 Å². The minimum atomic E-state index is 0.136. The number of benzene rings is 1. The van der Waals surface area contributed by atoms with Crippen molar-refractivity contribution in [3.63, 3.8) is 0 Å². The highest BCUT2D eigenvalue weighted by molar-refractivity contribution is 7.15. The van der Waals surface area contributed by atoms with E-state index in [4.69, 9.17) is 5.11 Å². The fourth-order valence-corrected chi connectivity index (χ4v) is 0.941. The lowest BCUT2D eigenvalue weighted by Gasteiger charge is -1.88. The van der Waals surface area contributed by atoms with Gasteiger partial charge in [0.25, 0.3) is 0 Å². The van der Waals surface area contributed by atoms with Crippen molar-refractivity contribution in [1.29, 1.82) is 0 Å². The van der Waals surface area contributed by atoms with Crippen LogP contribution in [0.5, 0.6) is 0 Å². The van der Waals surface area contributed by atoms with Gasteiger partial charge in [-0.15, -0.1) is 9.24 Å². The number of aliphatic hydroxyl groups excluding tert-OH is 1. The van der Waals surface area contributed by atoms with Crippen molar-refractivity contribution in [3.05, 3.63) is 53.6 Å². The van der Waals surface area contributed by atoms with Gasteiger partial charge in [0.15, 0.2) is 12.6 Å². The molecule has 1 aromatic carbocycles. The smallest absolute Gasteiger partial charge is 0.153 e. The molecule has 0 aliphatic carbocycles. The van der Waals surface area contributed by atoms with E-state index in [0.29, 0.717) is 12.6 Å². The molecule has 1 aromatic rings. The average molecular weight is 280 g/mol. The molecular weight excluding hydrogens is 259 g/mol. The lowest BCUT2D eigenvalue weighted by molar-refractivity contribution is -0.109. The fraction of sp³-hybridized carbons (Fsp3) is 0.200. The molecule has 1 unspecified atom stereocenters. The third-order valence-corrected chi connectivity index (χ3v) is 1.65. The predicted molar refractivity (Wildman–Crippen MR) is 84.1 cm³/mol. The molecule has 104 valence electrons.